The number of pyridine rings is 1. The minimum absolute atomic E-state index is 0.196. The average molecular weight is 340 g/mol. The Morgan fingerprint density at radius 1 is 1.58 bits per heavy atom. The van der Waals surface area contributed by atoms with Crippen molar-refractivity contribution in [2.24, 2.45) is 0 Å². The van der Waals surface area contributed by atoms with Crippen LogP contribution in [0.1, 0.15) is 20.9 Å². The van der Waals surface area contributed by atoms with Crippen LogP contribution in [0, 0.1) is 13.8 Å². The highest BCUT2D eigenvalue weighted by atomic mass is 79.9. The number of nitrogens with zero attached hydrogens (tertiary/aromatic N) is 1. The van der Waals surface area contributed by atoms with Crippen LogP contribution in [-0.2, 0) is 0 Å². The van der Waals surface area contributed by atoms with Crippen LogP contribution in [0.5, 0.6) is 0 Å². The lowest BCUT2D eigenvalue weighted by molar-refractivity contribution is 0.0962. The van der Waals surface area contributed by atoms with E-state index in [-0.39, 0.29) is 5.91 Å². The zero-order valence-electron chi connectivity index (χ0n) is 10.7. The lowest BCUT2D eigenvalue weighted by Crippen LogP contribution is -2.24. The van der Waals surface area contributed by atoms with Gasteiger partial charge in [-0.2, -0.15) is 0 Å². The van der Waals surface area contributed by atoms with Crippen LogP contribution in [0.25, 0.3) is 10.2 Å². The van der Waals surface area contributed by atoms with Crippen molar-refractivity contribution in [2.75, 3.05) is 12.3 Å². The van der Waals surface area contributed by atoms with Gasteiger partial charge in [0.05, 0.1) is 5.69 Å². The maximum Gasteiger partial charge on any atom is 0.263 e. The molecule has 2 heterocycles. The molecule has 4 nitrogen and oxygen atoms in total. The van der Waals surface area contributed by atoms with Gasteiger partial charge in [-0.15, -0.1) is 11.3 Å². The second-order valence-electron chi connectivity index (χ2n) is 4.31. The summed E-state index contributed by atoms with van der Waals surface area (Å²) in [4.78, 5) is 17.8. The number of nitrogen functional groups attached to an aromatic ring is 1. The topological polar surface area (TPSA) is 68.0 Å². The average Bonchev–Trinajstić information content (AvgIpc) is 2.63. The summed E-state index contributed by atoms with van der Waals surface area (Å²) in [5.41, 5.74) is 8.54. The van der Waals surface area contributed by atoms with Crippen LogP contribution in [0.15, 0.2) is 17.1 Å². The highest BCUT2D eigenvalue weighted by Crippen LogP contribution is 2.34. The number of thiophene rings is 1. The Morgan fingerprint density at radius 3 is 2.89 bits per heavy atom. The third-order valence-electron chi connectivity index (χ3n) is 2.67. The van der Waals surface area contributed by atoms with Crippen molar-refractivity contribution in [3.05, 3.63) is 33.3 Å². The van der Waals surface area contributed by atoms with E-state index in [1.165, 1.54) is 11.3 Å². The van der Waals surface area contributed by atoms with E-state index in [0.29, 0.717) is 21.6 Å². The van der Waals surface area contributed by atoms with Crippen LogP contribution in [-0.4, -0.2) is 17.4 Å². The molecule has 2 rings (SSSR count). The fourth-order valence-corrected chi connectivity index (χ4v) is 3.17. The first-order valence-corrected chi connectivity index (χ1v) is 7.28. The second kappa shape index (κ2) is 5.30. The number of carbonyl (C=O) groups is 1. The number of rotatable bonds is 3. The predicted octanol–water partition coefficient (Wildman–Crippen LogP) is 3.13. The number of anilines is 1. The molecule has 0 radical (unpaired) electrons. The van der Waals surface area contributed by atoms with E-state index < -0.39 is 0 Å². The van der Waals surface area contributed by atoms with E-state index in [0.717, 1.165) is 21.5 Å². The third kappa shape index (κ3) is 2.79. The molecule has 100 valence electrons. The Balaban J connectivity index is 2.45. The molecule has 0 saturated heterocycles. The molecule has 0 aliphatic rings. The number of aryl methyl sites for hydroxylation is 2. The molecule has 0 aliphatic carbocycles. The van der Waals surface area contributed by atoms with Gasteiger partial charge in [0.15, 0.2) is 0 Å². The summed E-state index contributed by atoms with van der Waals surface area (Å²) < 4.78 is 0.714. The monoisotopic (exact) mass is 339 g/mol. The van der Waals surface area contributed by atoms with Gasteiger partial charge in [-0.25, -0.2) is 4.98 Å². The molecule has 0 saturated carbocycles. The molecule has 3 N–H and O–H groups in total. The van der Waals surface area contributed by atoms with Crippen molar-refractivity contribution < 1.29 is 4.79 Å². The Hall–Kier alpha value is -1.40. The molecular formula is C13H14BrN3OS. The van der Waals surface area contributed by atoms with Gasteiger partial charge in [0, 0.05) is 22.1 Å². The van der Waals surface area contributed by atoms with Crippen molar-refractivity contribution in [2.45, 2.75) is 13.8 Å². The van der Waals surface area contributed by atoms with Crippen LogP contribution < -0.4 is 11.1 Å². The van der Waals surface area contributed by atoms with E-state index >= 15 is 0 Å². The van der Waals surface area contributed by atoms with Crippen molar-refractivity contribution in [1.29, 1.82) is 0 Å². The molecule has 2 aromatic rings. The molecule has 0 bridgehead atoms. The largest absolute Gasteiger partial charge is 0.397 e. The zero-order chi connectivity index (χ0) is 14.2. The van der Waals surface area contributed by atoms with Gasteiger partial charge < -0.3 is 11.1 Å². The third-order valence-corrected chi connectivity index (χ3v) is 4.05. The van der Waals surface area contributed by atoms with E-state index in [2.05, 4.69) is 32.8 Å². The maximum absolute atomic E-state index is 12.1. The number of hydrogen-bond donors (Lipinski definition) is 2. The van der Waals surface area contributed by atoms with Gasteiger partial charge in [-0.1, -0.05) is 22.5 Å². The normalized spacial score (nSPS) is 10.7. The quantitative estimate of drug-likeness (QED) is 0.902. The molecule has 1 amide bonds. The summed E-state index contributed by atoms with van der Waals surface area (Å²) in [7, 11) is 0. The maximum atomic E-state index is 12.1. The Labute approximate surface area is 123 Å². The summed E-state index contributed by atoms with van der Waals surface area (Å²) in [6.45, 7) is 7.95. The van der Waals surface area contributed by atoms with Crippen molar-refractivity contribution >= 4 is 49.1 Å². The van der Waals surface area contributed by atoms with Crippen molar-refractivity contribution in [1.82, 2.24) is 10.3 Å². The smallest absolute Gasteiger partial charge is 0.263 e. The number of halogens is 1. The van der Waals surface area contributed by atoms with Crippen LogP contribution >= 0.6 is 27.3 Å². The SMILES string of the molecule is C=C(Br)CNC(=O)c1sc2nc(C)cc(C)c2c1N. The Bertz CT molecular complexity index is 678. The van der Waals surface area contributed by atoms with E-state index in [9.17, 15) is 4.79 Å². The molecule has 6 heteroatoms. The summed E-state index contributed by atoms with van der Waals surface area (Å²) in [6, 6.07) is 1.97. The van der Waals surface area contributed by atoms with Gasteiger partial charge in [0.2, 0.25) is 0 Å². The predicted molar refractivity (Wildman–Crippen MR) is 83.9 cm³/mol. The van der Waals surface area contributed by atoms with Crippen molar-refractivity contribution in [3.8, 4) is 0 Å². The first-order valence-electron chi connectivity index (χ1n) is 5.68. The van der Waals surface area contributed by atoms with Gasteiger partial charge in [-0.05, 0) is 25.5 Å². The molecule has 0 fully saturated rings. The lowest BCUT2D eigenvalue weighted by atomic mass is 10.1. The minimum atomic E-state index is -0.196. The standard InChI is InChI=1S/C13H14BrN3OS/c1-6-4-8(3)17-13-9(6)10(15)11(19-13)12(18)16-5-7(2)14/h4H,2,5,15H2,1,3H3,(H,16,18). The fourth-order valence-electron chi connectivity index (χ4n) is 1.89. The molecule has 0 aromatic carbocycles. The van der Waals surface area contributed by atoms with E-state index in [4.69, 9.17) is 5.73 Å². The first kappa shape index (κ1) is 14.0. The number of amides is 1. The number of fused-ring (bicyclic) bond motifs is 1. The zero-order valence-corrected chi connectivity index (χ0v) is 13.1. The summed E-state index contributed by atoms with van der Waals surface area (Å²) in [5.74, 6) is -0.196. The second-order valence-corrected chi connectivity index (χ2v) is 6.43. The number of hydrogen-bond acceptors (Lipinski definition) is 4. The molecule has 0 aliphatic heterocycles. The molecule has 0 unspecified atom stereocenters. The Morgan fingerprint density at radius 2 is 2.26 bits per heavy atom. The van der Waals surface area contributed by atoms with E-state index in [1.807, 2.05) is 19.9 Å². The summed E-state index contributed by atoms with van der Waals surface area (Å²) in [6.07, 6.45) is 0. The lowest BCUT2D eigenvalue weighted by Gasteiger charge is -2.03. The number of carbonyl (C=O) groups excluding carboxylic acids is 1. The number of aromatic nitrogens is 1. The fraction of sp³-hybridized carbons (Fsp3) is 0.231. The Kier molecular flexibility index (Phi) is 3.91. The van der Waals surface area contributed by atoms with Crippen LogP contribution in [0.2, 0.25) is 0 Å². The van der Waals surface area contributed by atoms with Crippen molar-refractivity contribution in [3.63, 3.8) is 0 Å². The molecule has 2 aromatic heterocycles. The summed E-state index contributed by atoms with van der Waals surface area (Å²) >= 11 is 4.52. The highest BCUT2D eigenvalue weighted by molar-refractivity contribution is 9.11. The molecule has 0 atom stereocenters. The molecular weight excluding hydrogens is 326 g/mol. The van der Waals surface area contributed by atoms with Gasteiger partial charge in [0.1, 0.15) is 9.71 Å². The number of nitrogens with two attached hydrogens (primary N) is 1. The molecule has 19 heavy (non-hydrogen) atoms. The van der Waals surface area contributed by atoms with Gasteiger partial charge in [-0.3, -0.25) is 4.79 Å². The molecule has 0 spiro atoms. The minimum Gasteiger partial charge on any atom is -0.397 e. The number of nitrogens with one attached hydrogen (secondary N) is 1. The van der Waals surface area contributed by atoms with Gasteiger partial charge >= 0.3 is 0 Å². The van der Waals surface area contributed by atoms with E-state index in [1.54, 1.807) is 0 Å². The van der Waals surface area contributed by atoms with Gasteiger partial charge in [0.25, 0.3) is 5.91 Å². The highest BCUT2D eigenvalue weighted by Gasteiger charge is 2.18. The summed E-state index contributed by atoms with van der Waals surface area (Å²) in [5, 5.41) is 3.63. The van der Waals surface area contributed by atoms with Crippen LogP contribution in [0.3, 0.4) is 0 Å². The van der Waals surface area contributed by atoms with Crippen LogP contribution in [0.4, 0.5) is 5.69 Å². The first-order chi connectivity index (χ1) is 8.90.